The zero-order chi connectivity index (χ0) is 16.9. The summed E-state index contributed by atoms with van der Waals surface area (Å²) in [6.45, 7) is 2.02. The molecule has 0 saturated carbocycles. The average Bonchev–Trinajstić information content (AvgIpc) is 2.59. The normalized spacial score (nSPS) is 10.2. The highest BCUT2D eigenvalue weighted by Gasteiger charge is 2.12. The number of rotatable bonds is 4. The monoisotopic (exact) mass is 320 g/mol. The number of para-hydroxylation sites is 2. The summed E-state index contributed by atoms with van der Waals surface area (Å²) in [5, 5.41) is 6.02. The van der Waals surface area contributed by atoms with Crippen LogP contribution in [-0.2, 0) is 0 Å². The largest absolute Gasteiger partial charge is 0.354 e. The Morgan fingerprint density at radius 1 is 0.833 bits per heavy atom. The van der Waals surface area contributed by atoms with Crippen LogP contribution in [0, 0.1) is 12.7 Å². The average molecular weight is 320 g/mol. The zero-order valence-corrected chi connectivity index (χ0v) is 13.2. The zero-order valence-electron chi connectivity index (χ0n) is 13.2. The second-order valence-corrected chi connectivity index (χ2v) is 5.47. The highest BCUT2D eigenvalue weighted by Crippen LogP contribution is 2.26. The number of halogens is 1. The number of benzene rings is 3. The molecular formula is C20H17FN2O. The molecule has 0 bridgehead atoms. The minimum Gasteiger partial charge on any atom is -0.354 e. The molecule has 3 rings (SSSR count). The number of aryl methyl sites for hydroxylation is 1. The van der Waals surface area contributed by atoms with Gasteiger partial charge in [0.2, 0.25) is 0 Å². The second kappa shape index (κ2) is 6.96. The summed E-state index contributed by atoms with van der Waals surface area (Å²) in [6.07, 6.45) is 0. The number of carbonyl (C=O) groups excluding carboxylic acids is 1. The van der Waals surface area contributed by atoms with Crippen LogP contribution in [0.3, 0.4) is 0 Å². The fraction of sp³-hybridized carbons (Fsp3) is 0.0500. The molecule has 0 radical (unpaired) electrons. The molecule has 4 heteroatoms. The topological polar surface area (TPSA) is 41.1 Å². The first-order valence-corrected chi connectivity index (χ1v) is 7.62. The minimum absolute atomic E-state index is 0.0163. The van der Waals surface area contributed by atoms with E-state index in [-0.39, 0.29) is 5.56 Å². The van der Waals surface area contributed by atoms with Gasteiger partial charge in [-0.1, -0.05) is 42.0 Å². The summed E-state index contributed by atoms with van der Waals surface area (Å²) < 4.78 is 13.8. The molecule has 0 fully saturated rings. The van der Waals surface area contributed by atoms with E-state index in [0.717, 1.165) is 11.4 Å². The van der Waals surface area contributed by atoms with Gasteiger partial charge in [0.25, 0.3) is 5.91 Å². The van der Waals surface area contributed by atoms with Gasteiger partial charge in [-0.05, 0) is 43.3 Å². The van der Waals surface area contributed by atoms with Gasteiger partial charge >= 0.3 is 0 Å². The predicted octanol–water partition coefficient (Wildman–Crippen LogP) is 5.13. The highest BCUT2D eigenvalue weighted by atomic mass is 19.1. The Kier molecular flexibility index (Phi) is 4.57. The Balaban J connectivity index is 1.83. The molecule has 0 aliphatic rings. The summed E-state index contributed by atoms with van der Waals surface area (Å²) in [4.78, 5) is 12.3. The fourth-order valence-electron chi connectivity index (χ4n) is 2.33. The summed E-state index contributed by atoms with van der Waals surface area (Å²) in [6, 6.07) is 21.2. The van der Waals surface area contributed by atoms with Gasteiger partial charge in [-0.25, -0.2) is 4.39 Å². The van der Waals surface area contributed by atoms with E-state index in [2.05, 4.69) is 10.6 Å². The first-order chi connectivity index (χ1) is 11.6. The van der Waals surface area contributed by atoms with Crippen LogP contribution in [0.4, 0.5) is 21.5 Å². The van der Waals surface area contributed by atoms with E-state index < -0.39 is 11.7 Å². The van der Waals surface area contributed by atoms with Crippen molar-refractivity contribution in [2.24, 2.45) is 0 Å². The molecule has 0 unspecified atom stereocenters. The first kappa shape index (κ1) is 15.7. The molecule has 0 heterocycles. The molecule has 0 spiro atoms. The molecule has 0 atom stereocenters. The number of hydrogen-bond acceptors (Lipinski definition) is 2. The highest BCUT2D eigenvalue weighted by molar-refractivity contribution is 6.06. The van der Waals surface area contributed by atoms with Crippen LogP contribution >= 0.6 is 0 Å². The van der Waals surface area contributed by atoms with Crippen molar-refractivity contribution in [3.05, 3.63) is 89.7 Å². The van der Waals surface area contributed by atoms with Crippen LogP contribution in [0.25, 0.3) is 0 Å². The fourth-order valence-corrected chi connectivity index (χ4v) is 2.33. The van der Waals surface area contributed by atoms with Crippen molar-refractivity contribution in [3.63, 3.8) is 0 Å². The van der Waals surface area contributed by atoms with E-state index in [1.165, 1.54) is 17.7 Å². The van der Waals surface area contributed by atoms with E-state index >= 15 is 0 Å². The Morgan fingerprint density at radius 3 is 2.17 bits per heavy atom. The lowest BCUT2D eigenvalue weighted by molar-refractivity contribution is 0.102. The predicted molar refractivity (Wildman–Crippen MR) is 95.3 cm³/mol. The third kappa shape index (κ3) is 3.60. The van der Waals surface area contributed by atoms with Gasteiger partial charge in [-0.2, -0.15) is 0 Å². The summed E-state index contributed by atoms with van der Waals surface area (Å²) in [5.41, 5.74) is 3.43. The van der Waals surface area contributed by atoms with Gasteiger partial charge in [-0.15, -0.1) is 0 Å². The molecule has 0 saturated heterocycles. The van der Waals surface area contributed by atoms with Crippen molar-refractivity contribution in [1.29, 1.82) is 0 Å². The molecule has 1 amide bonds. The number of hydrogen-bond donors (Lipinski definition) is 2. The molecule has 0 aliphatic carbocycles. The van der Waals surface area contributed by atoms with Crippen LogP contribution in [0.2, 0.25) is 0 Å². The minimum atomic E-state index is -0.543. The summed E-state index contributed by atoms with van der Waals surface area (Å²) in [7, 11) is 0. The van der Waals surface area contributed by atoms with Gasteiger partial charge < -0.3 is 10.6 Å². The summed E-state index contributed by atoms with van der Waals surface area (Å²) in [5.74, 6) is -1.02. The van der Waals surface area contributed by atoms with Crippen molar-refractivity contribution >= 4 is 23.0 Å². The Labute approximate surface area is 140 Å². The van der Waals surface area contributed by atoms with E-state index in [9.17, 15) is 9.18 Å². The Bertz CT molecular complexity index is 860. The molecule has 3 aromatic rings. The third-order valence-electron chi connectivity index (χ3n) is 3.62. The van der Waals surface area contributed by atoms with Gasteiger partial charge in [0.1, 0.15) is 5.82 Å². The van der Waals surface area contributed by atoms with Crippen LogP contribution in [0.1, 0.15) is 15.9 Å². The quantitative estimate of drug-likeness (QED) is 0.699. The SMILES string of the molecule is Cc1ccc(Nc2ccccc2NC(=O)c2ccccc2F)cc1. The smallest absolute Gasteiger partial charge is 0.258 e. The maximum atomic E-state index is 13.8. The number of nitrogens with one attached hydrogen (secondary N) is 2. The lowest BCUT2D eigenvalue weighted by atomic mass is 10.1. The lowest BCUT2D eigenvalue weighted by Gasteiger charge is -2.13. The number of carbonyl (C=O) groups is 1. The summed E-state index contributed by atoms with van der Waals surface area (Å²) >= 11 is 0. The Hall–Kier alpha value is -3.14. The third-order valence-corrected chi connectivity index (χ3v) is 3.62. The van der Waals surface area contributed by atoms with Gasteiger partial charge in [0.15, 0.2) is 0 Å². The molecule has 0 aliphatic heterocycles. The van der Waals surface area contributed by atoms with Crippen molar-refractivity contribution < 1.29 is 9.18 Å². The van der Waals surface area contributed by atoms with Crippen LogP contribution in [0.5, 0.6) is 0 Å². The molecule has 2 N–H and O–H groups in total. The number of amides is 1. The van der Waals surface area contributed by atoms with Crippen molar-refractivity contribution in [3.8, 4) is 0 Å². The van der Waals surface area contributed by atoms with E-state index in [0.29, 0.717) is 5.69 Å². The van der Waals surface area contributed by atoms with Crippen molar-refractivity contribution in [1.82, 2.24) is 0 Å². The molecule has 3 aromatic carbocycles. The van der Waals surface area contributed by atoms with Crippen LogP contribution in [0.15, 0.2) is 72.8 Å². The lowest BCUT2D eigenvalue weighted by Crippen LogP contribution is -2.14. The maximum Gasteiger partial charge on any atom is 0.258 e. The van der Waals surface area contributed by atoms with Crippen LogP contribution in [-0.4, -0.2) is 5.91 Å². The molecular weight excluding hydrogens is 303 g/mol. The van der Waals surface area contributed by atoms with Gasteiger partial charge in [0, 0.05) is 5.69 Å². The number of anilines is 3. The van der Waals surface area contributed by atoms with E-state index in [1.807, 2.05) is 49.4 Å². The van der Waals surface area contributed by atoms with Gasteiger partial charge in [-0.3, -0.25) is 4.79 Å². The van der Waals surface area contributed by atoms with E-state index in [1.54, 1.807) is 18.2 Å². The Morgan fingerprint density at radius 2 is 1.46 bits per heavy atom. The van der Waals surface area contributed by atoms with Crippen molar-refractivity contribution in [2.75, 3.05) is 10.6 Å². The van der Waals surface area contributed by atoms with E-state index in [4.69, 9.17) is 0 Å². The molecule has 120 valence electrons. The molecule has 3 nitrogen and oxygen atoms in total. The maximum absolute atomic E-state index is 13.8. The first-order valence-electron chi connectivity index (χ1n) is 7.62. The second-order valence-electron chi connectivity index (χ2n) is 5.47. The van der Waals surface area contributed by atoms with Crippen molar-refractivity contribution in [2.45, 2.75) is 6.92 Å². The van der Waals surface area contributed by atoms with Gasteiger partial charge in [0.05, 0.1) is 16.9 Å². The standard InChI is InChI=1S/C20H17FN2O/c1-14-10-12-15(13-11-14)22-18-8-4-5-9-19(18)23-20(24)16-6-2-3-7-17(16)21/h2-13,22H,1H3,(H,23,24). The van der Waals surface area contributed by atoms with Crippen LogP contribution < -0.4 is 10.6 Å². The molecule has 0 aromatic heterocycles. The molecule has 24 heavy (non-hydrogen) atoms.